The smallest absolute Gasteiger partial charge is 0.340 e. The molecule has 5 aromatic carbocycles. The van der Waals surface area contributed by atoms with Gasteiger partial charge in [0, 0.05) is 72.2 Å². The van der Waals surface area contributed by atoms with Crippen LogP contribution in [0.4, 0.5) is 0 Å². The van der Waals surface area contributed by atoms with E-state index in [9.17, 15) is 20.1 Å². The quantitative estimate of drug-likeness (QED) is 0.0437. The van der Waals surface area contributed by atoms with Crippen LogP contribution >= 0.6 is 0 Å². The Labute approximate surface area is 544 Å². The highest BCUT2D eigenvalue weighted by atomic mass is 16.6. The van der Waals surface area contributed by atoms with Crippen LogP contribution in [0.1, 0.15) is 210 Å². The number of hydrogen-bond donors (Lipinski definition) is 3. The first-order chi connectivity index (χ1) is 45.5. The predicted octanol–water partition coefficient (Wildman–Crippen LogP) is 14.3. The molecule has 0 unspecified atom stereocenters. The zero-order valence-corrected chi connectivity index (χ0v) is 53.2. The maximum atomic E-state index is 16.4. The van der Waals surface area contributed by atoms with E-state index in [1.807, 2.05) is 6.07 Å². The summed E-state index contributed by atoms with van der Waals surface area (Å²) in [6.07, 6.45) is 22.4. The summed E-state index contributed by atoms with van der Waals surface area (Å²) in [5, 5.41) is 33.3. The van der Waals surface area contributed by atoms with Crippen LogP contribution in [0.2, 0.25) is 0 Å². The van der Waals surface area contributed by atoms with E-state index in [1.165, 1.54) is 81.1 Å². The number of benzene rings is 5. The van der Waals surface area contributed by atoms with Gasteiger partial charge in [0.05, 0.1) is 31.8 Å². The molecule has 476 valence electrons. The molecular formula is C82H82O11. The van der Waals surface area contributed by atoms with Gasteiger partial charge in [-0.2, -0.15) is 0 Å². The minimum atomic E-state index is -1.46. The van der Waals surface area contributed by atoms with Crippen molar-refractivity contribution in [2.75, 3.05) is 26.9 Å². The molecular weight excluding hydrogens is 1160 g/mol. The van der Waals surface area contributed by atoms with Gasteiger partial charge in [-0.25, -0.2) is 9.59 Å². The summed E-state index contributed by atoms with van der Waals surface area (Å²) in [5.74, 6) is 6.47. The van der Waals surface area contributed by atoms with Gasteiger partial charge in [-0.3, -0.25) is 4.79 Å². The molecule has 17 rings (SSSR count). The number of hydrogen-bond acceptors (Lipinski definition) is 11. The molecule has 8 aliphatic carbocycles. The van der Waals surface area contributed by atoms with Crippen molar-refractivity contribution < 1.29 is 48.3 Å². The van der Waals surface area contributed by atoms with Crippen molar-refractivity contribution in [1.29, 1.82) is 0 Å². The first-order valence-electron chi connectivity index (χ1n) is 34.7. The number of allylic oxidation sites excluding steroid dienone is 4. The van der Waals surface area contributed by atoms with Gasteiger partial charge < -0.3 is 38.7 Å². The average Bonchev–Trinajstić information content (AvgIpc) is 1.27. The number of carbonyl (C=O) groups excluding carboxylic acids is 2. The van der Waals surface area contributed by atoms with Gasteiger partial charge in [-0.05, 0) is 209 Å². The van der Waals surface area contributed by atoms with Crippen molar-refractivity contribution in [3.8, 4) is 17.6 Å². The Morgan fingerprint density at radius 1 is 0.742 bits per heavy atom. The van der Waals surface area contributed by atoms with E-state index in [2.05, 4.69) is 127 Å². The molecule has 11 nitrogen and oxygen atoms in total. The third-order valence-corrected chi connectivity index (χ3v) is 25.3. The highest BCUT2D eigenvalue weighted by Crippen LogP contribution is 2.65. The molecule has 1 saturated heterocycles. The number of rotatable bonds is 8. The Balaban J connectivity index is 0.904. The van der Waals surface area contributed by atoms with E-state index in [-0.39, 0.29) is 114 Å². The van der Waals surface area contributed by atoms with Crippen molar-refractivity contribution in [1.82, 2.24) is 0 Å². The lowest BCUT2D eigenvalue weighted by atomic mass is 9.48. The van der Waals surface area contributed by atoms with E-state index in [4.69, 9.17) is 23.4 Å². The fourth-order valence-corrected chi connectivity index (χ4v) is 21.5. The lowest BCUT2D eigenvalue weighted by Gasteiger charge is -2.55. The van der Waals surface area contributed by atoms with Gasteiger partial charge >= 0.3 is 17.6 Å². The van der Waals surface area contributed by atoms with Gasteiger partial charge in [0.2, 0.25) is 0 Å². The Bertz CT molecular complexity index is 4330. The van der Waals surface area contributed by atoms with Crippen molar-refractivity contribution >= 4 is 35.1 Å². The maximum Gasteiger partial charge on any atom is 0.340 e. The minimum absolute atomic E-state index is 0.00820. The van der Waals surface area contributed by atoms with Crippen LogP contribution in [0, 0.1) is 47.3 Å². The monoisotopic (exact) mass is 1240 g/mol. The van der Waals surface area contributed by atoms with Crippen LogP contribution < -0.4 is 10.4 Å². The van der Waals surface area contributed by atoms with Crippen molar-refractivity contribution in [2.45, 2.75) is 169 Å². The summed E-state index contributed by atoms with van der Waals surface area (Å²) in [4.78, 5) is 47.5. The number of methoxy groups -OCH3 is 1. The number of esters is 2. The number of fused-ring (bicyclic) bond motifs is 16. The highest BCUT2D eigenvalue weighted by molar-refractivity contribution is 5.91. The lowest BCUT2D eigenvalue weighted by Crippen LogP contribution is -2.61. The van der Waals surface area contributed by atoms with E-state index < -0.39 is 47.9 Å². The summed E-state index contributed by atoms with van der Waals surface area (Å²) in [7, 11) is 1.53. The van der Waals surface area contributed by atoms with Crippen LogP contribution in [0.15, 0.2) is 136 Å². The van der Waals surface area contributed by atoms with E-state index in [0.29, 0.717) is 65.4 Å². The second kappa shape index (κ2) is 23.1. The number of aliphatic hydroxyl groups is 3. The first kappa shape index (κ1) is 59.2. The molecule has 0 amide bonds. The third kappa shape index (κ3) is 9.00. The van der Waals surface area contributed by atoms with E-state index >= 15 is 9.59 Å². The number of aliphatic hydroxyl groups excluding tert-OH is 3. The van der Waals surface area contributed by atoms with Crippen LogP contribution in [0.25, 0.3) is 23.1 Å². The molecule has 93 heavy (non-hydrogen) atoms. The topological polar surface area (TPSA) is 162 Å². The largest absolute Gasteiger partial charge is 0.481 e. The molecule has 16 atom stereocenters. The molecule has 11 heteroatoms. The number of ether oxygens (including phenoxy) is 4. The Kier molecular flexibility index (Phi) is 14.7. The zero-order chi connectivity index (χ0) is 63.0. The summed E-state index contributed by atoms with van der Waals surface area (Å²) >= 11 is 0. The second-order valence-corrected chi connectivity index (χ2v) is 29.3. The highest BCUT2D eigenvalue weighted by Gasteiger charge is 2.65. The summed E-state index contributed by atoms with van der Waals surface area (Å²) < 4.78 is 34.9. The van der Waals surface area contributed by atoms with E-state index in [0.717, 1.165) is 38.5 Å². The molecule has 0 radical (unpaired) electrons. The van der Waals surface area contributed by atoms with Gasteiger partial charge in [-0.15, -0.1) is 0 Å². The van der Waals surface area contributed by atoms with Crippen molar-refractivity contribution in [3.05, 3.63) is 215 Å². The first-order valence-corrected chi connectivity index (χ1v) is 34.7. The Morgan fingerprint density at radius 2 is 1.56 bits per heavy atom. The van der Waals surface area contributed by atoms with Crippen LogP contribution in [-0.2, 0) is 48.7 Å². The molecule has 6 aromatic rings. The predicted molar refractivity (Wildman–Crippen MR) is 356 cm³/mol. The standard InChI is InChI=1S/C82H82O11/c1-45(42-84)64-38-49-20-21-50-39-66-60-28-23-46-11-3-5-15-55(46)65(60)41-70(66)81-35-8-7-16-62-59(31-30-58(49)73(50)62)57-27-24-48(56-17-10-19-69-61(56)29-26-54-14-9-13-53-25-22-47-12-4-6-18-68(47)82(53,54)69)37-52(57)40-72(86)90-77(78(81)92-79(64)87)75-71(93-81)33-32-63-67(43-85)74(80(88)91-76(63)75)51(34-36-83)44-89-2/h3-6,10-12,15,17-19,22-25,27-28,30-33,48-54,57,60,65-66,70,77-78,83-85H,9,13-14,16,20-21,26,29,34-44H2,1-2H3/b64-45-/t48-,49+,50-,51-,52+,53+,54+,57-,60+,65+,66-,70+,77-,78+,81+,82+/m1/s1. The van der Waals surface area contributed by atoms with Gasteiger partial charge in [0.25, 0.3) is 0 Å². The van der Waals surface area contributed by atoms with Gasteiger partial charge in [-0.1, -0.05) is 134 Å². The van der Waals surface area contributed by atoms with Crippen LogP contribution in [0.5, 0.6) is 5.75 Å². The molecule has 3 aliphatic heterocycles. The Morgan fingerprint density at radius 3 is 2.42 bits per heavy atom. The maximum absolute atomic E-state index is 16.4. The summed E-state index contributed by atoms with van der Waals surface area (Å²) in [5.41, 5.74) is 13.8. The normalized spacial score (nSPS) is 32.9. The fourth-order valence-electron chi connectivity index (χ4n) is 21.5. The molecule has 3 fully saturated rings. The van der Waals surface area contributed by atoms with E-state index in [1.54, 1.807) is 13.0 Å². The SMILES string of the molecule is COC[C@@H](CCO)c1c(CO)c2ccc3c(c2oc1=O)[C@H]1OC(=O)C[C@@H]2C[C@H](c4cccc5c4CC[C@@H]4CCC[C@H]6C=Cc7ccccc7[C@@]546)C=C[C@H]2c2ccc4c5c2CC#CC[C@]2(O3)[C@H]3C[C@H]6c7ccccc7C=C[C@@H]6[C@H]3C[C@H]5CC[C@H]4C/C(=C(\C)CO)C(=O)O[C@@H]12. The minimum Gasteiger partial charge on any atom is -0.481 e. The Hall–Kier alpha value is -7.59. The molecule has 11 aliphatic rings. The van der Waals surface area contributed by atoms with Gasteiger partial charge in [0.15, 0.2) is 17.8 Å². The third-order valence-electron chi connectivity index (χ3n) is 25.3. The summed E-state index contributed by atoms with van der Waals surface area (Å²) in [6.45, 7) is 0.725. The van der Waals surface area contributed by atoms with Gasteiger partial charge in [0.1, 0.15) is 11.3 Å². The molecule has 2 spiro atoms. The fraction of sp³-hybridized carbons (Fsp3) is 0.451. The van der Waals surface area contributed by atoms with Crippen LogP contribution in [-0.4, -0.2) is 65.9 Å². The molecule has 2 saturated carbocycles. The average molecular weight is 1240 g/mol. The van der Waals surface area contributed by atoms with Crippen molar-refractivity contribution in [3.63, 3.8) is 0 Å². The van der Waals surface area contributed by atoms with Crippen molar-refractivity contribution in [2.24, 2.45) is 35.5 Å². The lowest BCUT2D eigenvalue weighted by molar-refractivity contribution is -0.205. The second-order valence-electron chi connectivity index (χ2n) is 29.3. The molecule has 1 aromatic heterocycles. The zero-order valence-electron chi connectivity index (χ0n) is 53.2. The number of carbonyl (C=O) groups is 2. The molecule has 5 bridgehead atoms. The van der Waals surface area contributed by atoms with Crippen LogP contribution in [0.3, 0.4) is 0 Å². The molecule has 3 N–H and O–H groups in total. The summed E-state index contributed by atoms with van der Waals surface area (Å²) in [6, 6.07) is 33.2. The molecule has 4 heterocycles.